The van der Waals surface area contributed by atoms with Crippen LogP contribution in [0.25, 0.3) is 0 Å². The van der Waals surface area contributed by atoms with Crippen LogP contribution >= 0.6 is 0 Å². The molecule has 0 aromatic rings. The van der Waals surface area contributed by atoms with Crippen molar-refractivity contribution in [3.63, 3.8) is 0 Å². The molecule has 2 aliphatic heterocycles. The van der Waals surface area contributed by atoms with Crippen molar-refractivity contribution in [2.45, 2.75) is 31.7 Å². The average molecular weight is 269 g/mol. The van der Waals surface area contributed by atoms with Gasteiger partial charge < -0.3 is 14.9 Å². The smallest absolute Gasteiger partial charge is 0.236 e. The zero-order valence-corrected chi connectivity index (χ0v) is 11.3. The second-order valence-corrected chi connectivity index (χ2v) is 5.26. The average Bonchev–Trinajstić information content (AvgIpc) is 3.09. The number of nitrogens with one attached hydrogen (secondary N) is 1. The number of aliphatic hydroxyl groups is 1. The van der Waals surface area contributed by atoms with E-state index in [-0.39, 0.29) is 37.6 Å². The predicted molar refractivity (Wildman–Crippen MR) is 70.5 cm³/mol. The molecule has 2 N–H and O–H groups in total. The van der Waals surface area contributed by atoms with Crippen molar-refractivity contribution >= 4 is 11.8 Å². The van der Waals surface area contributed by atoms with E-state index in [0.29, 0.717) is 6.54 Å². The Kier molecular flexibility index (Phi) is 5.15. The van der Waals surface area contributed by atoms with Gasteiger partial charge in [0.15, 0.2) is 0 Å². The van der Waals surface area contributed by atoms with Crippen molar-refractivity contribution in [3.8, 4) is 0 Å². The summed E-state index contributed by atoms with van der Waals surface area (Å²) in [5.41, 5.74) is 0. The molecule has 108 valence electrons. The summed E-state index contributed by atoms with van der Waals surface area (Å²) in [6.45, 7) is 2.82. The zero-order valence-electron chi connectivity index (χ0n) is 11.3. The molecular formula is C13H23N3O3. The summed E-state index contributed by atoms with van der Waals surface area (Å²) in [5, 5.41) is 12.1. The molecule has 2 heterocycles. The fraction of sp³-hybridized carbons (Fsp3) is 0.846. The van der Waals surface area contributed by atoms with Gasteiger partial charge >= 0.3 is 0 Å². The Morgan fingerprint density at radius 1 is 1.05 bits per heavy atom. The first-order chi connectivity index (χ1) is 9.22. The molecule has 6 heteroatoms. The second kappa shape index (κ2) is 6.86. The molecule has 6 nitrogen and oxygen atoms in total. The lowest BCUT2D eigenvalue weighted by atomic mass is 10.2. The minimum Gasteiger partial charge on any atom is -0.394 e. The van der Waals surface area contributed by atoms with Crippen molar-refractivity contribution in [2.24, 2.45) is 0 Å². The number of amides is 2. The van der Waals surface area contributed by atoms with E-state index in [1.807, 2.05) is 4.90 Å². The van der Waals surface area contributed by atoms with Crippen molar-refractivity contribution < 1.29 is 14.7 Å². The van der Waals surface area contributed by atoms with Gasteiger partial charge in [-0.15, -0.1) is 0 Å². The van der Waals surface area contributed by atoms with Crippen LogP contribution in [0.3, 0.4) is 0 Å². The van der Waals surface area contributed by atoms with Gasteiger partial charge in [0.2, 0.25) is 11.8 Å². The van der Waals surface area contributed by atoms with E-state index >= 15 is 0 Å². The van der Waals surface area contributed by atoms with Gasteiger partial charge in [-0.2, -0.15) is 0 Å². The van der Waals surface area contributed by atoms with Gasteiger partial charge in [-0.25, -0.2) is 0 Å². The van der Waals surface area contributed by atoms with E-state index in [1.54, 1.807) is 4.90 Å². The molecule has 0 saturated carbocycles. The molecule has 19 heavy (non-hydrogen) atoms. The van der Waals surface area contributed by atoms with Crippen LogP contribution in [-0.2, 0) is 9.59 Å². The lowest BCUT2D eigenvalue weighted by Gasteiger charge is -2.23. The summed E-state index contributed by atoms with van der Waals surface area (Å²) in [7, 11) is 0. The van der Waals surface area contributed by atoms with Gasteiger partial charge in [-0.3, -0.25) is 14.9 Å². The zero-order chi connectivity index (χ0) is 13.7. The Bertz CT molecular complexity index is 329. The number of likely N-dealkylation sites (tertiary alicyclic amines) is 2. The van der Waals surface area contributed by atoms with Crippen molar-refractivity contribution in [1.29, 1.82) is 0 Å². The van der Waals surface area contributed by atoms with Crippen molar-refractivity contribution in [3.05, 3.63) is 0 Å². The highest BCUT2D eigenvalue weighted by Gasteiger charge is 2.27. The van der Waals surface area contributed by atoms with E-state index in [0.717, 1.165) is 38.8 Å². The first-order valence-electron chi connectivity index (χ1n) is 7.11. The van der Waals surface area contributed by atoms with Gasteiger partial charge in [0.05, 0.1) is 25.7 Å². The fourth-order valence-corrected chi connectivity index (χ4v) is 2.81. The van der Waals surface area contributed by atoms with Gasteiger partial charge in [-0.05, 0) is 25.7 Å². The number of nitrogens with zero attached hydrogens (tertiary/aromatic N) is 2. The van der Waals surface area contributed by atoms with Crippen LogP contribution in [0.1, 0.15) is 25.7 Å². The van der Waals surface area contributed by atoms with Gasteiger partial charge in [0.1, 0.15) is 0 Å². The first-order valence-corrected chi connectivity index (χ1v) is 7.11. The maximum absolute atomic E-state index is 11.9. The largest absolute Gasteiger partial charge is 0.394 e. The highest BCUT2D eigenvalue weighted by molar-refractivity contribution is 5.81. The highest BCUT2D eigenvalue weighted by Crippen LogP contribution is 2.16. The molecule has 0 aromatic heterocycles. The SMILES string of the molecule is O=C(CNCC(=O)N1CCCC1CO)N1CCCC1. The number of carbonyl (C=O) groups is 2. The van der Waals surface area contributed by atoms with E-state index < -0.39 is 0 Å². The monoisotopic (exact) mass is 269 g/mol. The molecule has 2 aliphatic rings. The third-order valence-corrected chi connectivity index (χ3v) is 3.92. The van der Waals surface area contributed by atoms with Crippen LogP contribution in [-0.4, -0.2) is 72.1 Å². The Hall–Kier alpha value is -1.14. The lowest BCUT2D eigenvalue weighted by Crippen LogP contribution is -2.44. The number of hydrogen-bond acceptors (Lipinski definition) is 4. The Balaban J connectivity index is 1.67. The number of aliphatic hydroxyl groups excluding tert-OH is 1. The molecule has 1 atom stereocenters. The summed E-state index contributed by atoms with van der Waals surface area (Å²) in [5.74, 6) is 0.0520. The highest BCUT2D eigenvalue weighted by atomic mass is 16.3. The molecule has 0 spiro atoms. The summed E-state index contributed by atoms with van der Waals surface area (Å²) in [6.07, 6.45) is 3.98. The first kappa shape index (κ1) is 14.3. The molecule has 2 fully saturated rings. The van der Waals surface area contributed by atoms with Crippen LogP contribution in [0.4, 0.5) is 0 Å². The maximum atomic E-state index is 11.9. The van der Waals surface area contributed by atoms with Crippen LogP contribution in [0, 0.1) is 0 Å². The molecule has 1 unspecified atom stereocenters. The van der Waals surface area contributed by atoms with E-state index in [9.17, 15) is 9.59 Å². The third kappa shape index (κ3) is 3.67. The predicted octanol–water partition coefficient (Wildman–Crippen LogP) is -0.818. The maximum Gasteiger partial charge on any atom is 0.236 e. The lowest BCUT2D eigenvalue weighted by molar-refractivity contribution is -0.132. The molecule has 2 amide bonds. The van der Waals surface area contributed by atoms with Crippen LogP contribution in [0.2, 0.25) is 0 Å². The quantitative estimate of drug-likeness (QED) is 0.684. The standard InChI is InChI=1S/C13H23N3O3/c17-10-11-4-3-7-16(11)13(19)9-14-8-12(18)15-5-1-2-6-15/h11,14,17H,1-10H2. The molecule has 0 aliphatic carbocycles. The molecule has 2 rings (SSSR count). The number of carbonyl (C=O) groups excluding carboxylic acids is 2. The van der Waals surface area contributed by atoms with Crippen LogP contribution in [0.5, 0.6) is 0 Å². The van der Waals surface area contributed by atoms with E-state index in [2.05, 4.69) is 5.32 Å². The van der Waals surface area contributed by atoms with Gasteiger partial charge in [0, 0.05) is 19.6 Å². The van der Waals surface area contributed by atoms with Gasteiger partial charge in [-0.1, -0.05) is 0 Å². The number of rotatable bonds is 5. The van der Waals surface area contributed by atoms with E-state index in [1.165, 1.54) is 0 Å². The molecule has 0 aromatic carbocycles. The molecule has 0 radical (unpaired) electrons. The third-order valence-electron chi connectivity index (χ3n) is 3.92. The number of hydrogen-bond donors (Lipinski definition) is 2. The van der Waals surface area contributed by atoms with Gasteiger partial charge in [0.25, 0.3) is 0 Å². The minimum absolute atomic E-state index is 0.0224. The summed E-state index contributed by atoms with van der Waals surface area (Å²) < 4.78 is 0. The topological polar surface area (TPSA) is 72.9 Å². The summed E-state index contributed by atoms with van der Waals surface area (Å²) in [6, 6.07) is -0.0383. The Morgan fingerprint density at radius 3 is 2.42 bits per heavy atom. The van der Waals surface area contributed by atoms with Crippen molar-refractivity contribution in [2.75, 3.05) is 39.3 Å². The summed E-state index contributed by atoms with van der Waals surface area (Å²) >= 11 is 0. The molecule has 2 saturated heterocycles. The normalized spacial score (nSPS) is 23.1. The molecule has 0 bridgehead atoms. The fourth-order valence-electron chi connectivity index (χ4n) is 2.81. The van der Waals surface area contributed by atoms with E-state index in [4.69, 9.17) is 5.11 Å². The Labute approximate surface area is 113 Å². The molecular weight excluding hydrogens is 246 g/mol. The van der Waals surface area contributed by atoms with Crippen molar-refractivity contribution in [1.82, 2.24) is 15.1 Å². The second-order valence-electron chi connectivity index (χ2n) is 5.26. The van der Waals surface area contributed by atoms with Crippen LogP contribution in [0.15, 0.2) is 0 Å². The summed E-state index contributed by atoms with van der Waals surface area (Å²) in [4.78, 5) is 27.3. The van der Waals surface area contributed by atoms with Crippen LogP contribution < -0.4 is 5.32 Å². The minimum atomic E-state index is -0.0383. The Morgan fingerprint density at radius 2 is 1.74 bits per heavy atom.